The molecule has 178 valence electrons. The minimum Gasteiger partial charge on any atom is -0.481 e. The summed E-state index contributed by atoms with van der Waals surface area (Å²) in [5.74, 6) is -5.66. The van der Waals surface area contributed by atoms with E-state index in [0.717, 1.165) is 0 Å². The first-order chi connectivity index (χ1) is 15.4. The van der Waals surface area contributed by atoms with Crippen LogP contribution >= 0.6 is 69.6 Å². The molecule has 0 unspecified atom stereocenters. The lowest BCUT2D eigenvalue weighted by atomic mass is 9.81. The van der Waals surface area contributed by atoms with E-state index in [1.807, 2.05) is 0 Å². The summed E-state index contributed by atoms with van der Waals surface area (Å²) in [4.78, 5) is 35.4. The molecule has 13 heteroatoms. The highest BCUT2D eigenvalue weighted by Gasteiger charge is 2.85. The number of carboxylic acid groups (broad SMARTS) is 1. The summed E-state index contributed by atoms with van der Waals surface area (Å²) in [6.45, 7) is 1.92. The molecule has 1 saturated carbocycles. The fourth-order valence-corrected chi connectivity index (χ4v) is 7.43. The lowest BCUT2D eigenvalue weighted by Gasteiger charge is -2.33. The van der Waals surface area contributed by atoms with E-state index in [-0.39, 0.29) is 21.7 Å². The number of morpholine rings is 1. The van der Waals surface area contributed by atoms with E-state index in [4.69, 9.17) is 74.3 Å². The Balaban J connectivity index is 1.59. The monoisotopic (exact) mass is 574 g/mol. The number of hydrogen-bond donors (Lipinski definition) is 2. The molecule has 4 rings (SSSR count). The van der Waals surface area contributed by atoms with E-state index in [0.29, 0.717) is 31.9 Å². The molecular weight excluding hydrogens is 561 g/mol. The minimum atomic E-state index is -2.18. The van der Waals surface area contributed by atoms with Gasteiger partial charge in [-0.25, -0.2) is 0 Å². The van der Waals surface area contributed by atoms with Crippen molar-refractivity contribution in [1.29, 1.82) is 0 Å². The molecule has 1 saturated heterocycles. The van der Waals surface area contributed by atoms with Crippen molar-refractivity contribution in [1.82, 2.24) is 4.90 Å². The predicted molar refractivity (Wildman–Crippen MR) is 127 cm³/mol. The number of benzene rings is 1. The van der Waals surface area contributed by atoms with Crippen molar-refractivity contribution in [2.45, 2.75) is 14.1 Å². The topological polar surface area (TPSA) is 95.9 Å². The molecule has 4 atom stereocenters. The van der Waals surface area contributed by atoms with Crippen molar-refractivity contribution in [2.24, 2.45) is 11.8 Å². The Morgan fingerprint density at radius 3 is 1.97 bits per heavy atom. The van der Waals surface area contributed by atoms with Gasteiger partial charge in [0.2, 0.25) is 5.91 Å². The Morgan fingerprint density at radius 1 is 0.939 bits per heavy atom. The number of carbonyl (C=O) groups is 3. The Bertz CT molecular complexity index is 1060. The summed E-state index contributed by atoms with van der Waals surface area (Å²) < 4.78 is 3.06. The highest BCUT2D eigenvalue weighted by atomic mass is 35.5. The number of carboxylic acids is 1. The number of alkyl halides is 4. The number of anilines is 1. The van der Waals surface area contributed by atoms with Crippen LogP contribution in [0.3, 0.4) is 0 Å². The molecule has 1 aromatic rings. The Hall–Kier alpha value is -0.930. The molecule has 1 aromatic carbocycles. The van der Waals surface area contributed by atoms with Crippen molar-refractivity contribution in [3.05, 3.63) is 39.9 Å². The van der Waals surface area contributed by atoms with Crippen LogP contribution in [0.1, 0.15) is 10.4 Å². The zero-order valence-electron chi connectivity index (χ0n) is 16.6. The number of ether oxygens (including phenoxy) is 1. The Labute approximate surface area is 218 Å². The van der Waals surface area contributed by atoms with E-state index < -0.39 is 37.8 Å². The zero-order chi connectivity index (χ0) is 24.3. The van der Waals surface area contributed by atoms with Gasteiger partial charge in [-0.2, -0.15) is 0 Å². The number of nitrogens with zero attached hydrogens (tertiary/aromatic N) is 1. The van der Waals surface area contributed by atoms with Gasteiger partial charge in [-0.15, -0.1) is 23.2 Å². The van der Waals surface area contributed by atoms with Gasteiger partial charge in [-0.05, 0) is 24.3 Å². The third-order valence-electron chi connectivity index (χ3n) is 6.18. The van der Waals surface area contributed by atoms with Gasteiger partial charge < -0.3 is 20.1 Å². The summed E-state index contributed by atoms with van der Waals surface area (Å²) in [5, 5.41) is 11.8. The second kappa shape index (κ2) is 8.63. The number of nitrogens with one attached hydrogen (secondary N) is 1. The largest absolute Gasteiger partial charge is 0.481 e. The lowest BCUT2D eigenvalue weighted by Crippen LogP contribution is -2.47. The van der Waals surface area contributed by atoms with Crippen LogP contribution in [0.2, 0.25) is 0 Å². The number of carbonyl (C=O) groups excluding carboxylic acids is 2. The molecule has 0 spiro atoms. The van der Waals surface area contributed by atoms with Crippen LogP contribution in [0.15, 0.2) is 34.3 Å². The first-order valence-electron chi connectivity index (χ1n) is 9.71. The molecule has 2 amide bonds. The second-order valence-corrected chi connectivity index (χ2v) is 11.2. The van der Waals surface area contributed by atoms with E-state index >= 15 is 0 Å². The van der Waals surface area contributed by atoms with Crippen LogP contribution in [0.5, 0.6) is 0 Å². The van der Waals surface area contributed by atoms with Gasteiger partial charge in [-0.3, -0.25) is 14.4 Å². The molecule has 2 fully saturated rings. The van der Waals surface area contributed by atoms with Gasteiger partial charge in [0.15, 0.2) is 4.33 Å². The molecule has 33 heavy (non-hydrogen) atoms. The molecular formula is C20H16Cl6N2O5. The highest BCUT2D eigenvalue weighted by Crippen LogP contribution is 2.76. The average molecular weight is 577 g/mol. The number of hydrogen-bond acceptors (Lipinski definition) is 4. The first-order valence-corrected chi connectivity index (χ1v) is 12.0. The van der Waals surface area contributed by atoms with Crippen LogP contribution < -0.4 is 5.32 Å². The van der Waals surface area contributed by atoms with E-state index in [9.17, 15) is 19.5 Å². The Kier molecular flexibility index (Phi) is 6.58. The van der Waals surface area contributed by atoms with Crippen LogP contribution in [0, 0.1) is 11.8 Å². The molecule has 2 N–H and O–H groups in total. The normalized spacial score (nSPS) is 32.7. The number of rotatable bonds is 4. The van der Waals surface area contributed by atoms with Gasteiger partial charge in [0, 0.05) is 24.3 Å². The fraction of sp³-hybridized carbons (Fsp3) is 0.450. The van der Waals surface area contributed by atoms with Crippen molar-refractivity contribution < 1.29 is 24.2 Å². The molecule has 1 aliphatic heterocycles. The summed E-state index contributed by atoms with van der Waals surface area (Å²) in [6, 6.07) is 6.09. The summed E-state index contributed by atoms with van der Waals surface area (Å²) >= 11 is 38.4. The number of aliphatic carboxylic acids is 1. The van der Waals surface area contributed by atoms with E-state index in [1.165, 1.54) is 12.1 Å². The maximum Gasteiger partial charge on any atom is 0.309 e. The minimum absolute atomic E-state index is 0.167. The Morgan fingerprint density at radius 2 is 1.45 bits per heavy atom. The molecule has 1 heterocycles. The zero-order valence-corrected chi connectivity index (χ0v) is 21.1. The molecule has 7 nitrogen and oxygen atoms in total. The standard InChI is InChI=1S/C20H16Cl6N2O5/c21-13-14(22)19(24)12(17(31)32)11(18(13,23)20(19,25)26)15(29)27-10-3-1-9(2-4-10)16(30)28-5-7-33-8-6-28/h1-4,11-12H,5-8H2,(H,27,29)(H,31,32)/t11-,12-,18-,19-/m1/s1. The maximum absolute atomic E-state index is 13.2. The quantitative estimate of drug-likeness (QED) is 0.522. The van der Waals surface area contributed by atoms with Crippen molar-refractivity contribution >= 4 is 93.1 Å². The molecule has 2 aliphatic carbocycles. The van der Waals surface area contributed by atoms with Gasteiger partial charge in [0.25, 0.3) is 5.91 Å². The summed E-state index contributed by atoms with van der Waals surface area (Å²) in [7, 11) is 0. The molecule has 0 aromatic heterocycles. The third kappa shape index (κ3) is 3.46. The molecule has 2 bridgehead atoms. The van der Waals surface area contributed by atoms with Crippen LogP contribution in [0.4, 0.5) is 5.69 Å². The summed E-state index contributed by atoms with van der Waals surface area (Å²) in [6.07, 6.45) is 0. The first kappa shape index (κ1) is 25.2. The van der Waals surface area contributed by atoms with Gasteiger partial charge in [0.05, 0.1) is 35.1 Å². The van der Waals surface area contributed by atoms with Crippen LogP contribution in [0.25, 0.3) is 0 Å². The maximum atomic E-state index is 13.2. The molecule has 0 radical (unpaired) electrons. The lowest BCUT2D eigenvalue weighted by molar-refractivity contribution is -0.146. The second-order valence-electron chi connectivity index (χ2n) is 7.89. The SMILES string of the molecule is O=C(O)[C@H]1[C@H](C(=O)Nc2ccc(C(=O)N3CCOCC3)cc2)[C@@]2(Cl)C(Cl)=C(Cl)[C@@]1(Cl)C2(Cl)Cl. The third-order valence-corrected chi connectivity index (χ3v) is 10.4. The van der Waals surface area contributed by atoms with E-state index in [1.54, 1.807) is 17.0 Å². The number of halogens is 6. The number of allylic oxidation sites excluding steroid dienone is 2. The highest BCUT2D eigenvalue weighted by molar-refractivity contribution is 6.66. The number of fused-ring (bicyclic) bond motifs is 2. The van der Waals surface area contributed by atoms with E-state index in [2.05, 4.69) is 5.32 Å². The average Bonchev–Trinajstić information content (AvgIpc) is 3.00. The molecule has 3 aliphatic rings. The summed E-state index contributed by atoms with van der Waals surface area (Å²) in [5.41, 5.74) is 0.709. The smallest absolute Gasteiger partial charge is 0.309 e. The van der Waals surface area contributed by atoms with Gasteiger partial charge >= 0.3 is 5.97 Å². The number of amides is 2. The fourth-order valence-electron chi connectivity index (χ4n) is 4.49. The predicted octanol–water partition coefficient (Wildman–Crippen LogP) is 4.26. The van der Waals surface area contributed by atoms with Gasteiger partial charge in [0.1, 0.15) is 9.75 Å². The van der Waals surface area contributed by atoms with Crippen LogP contribution in [-0.2, 0) is 14.3 Å². The van der Waals surface area contributed by atoms with Crippen molar-refractivity contribution in [3.63, 3.8) is 0 Å². The van der Waals surface area contributed by atoms with Crippen molar-refractivity contribution in [3.8, 4) is 0 Å². The van der Waals surface area contributed by atoms with Gasteiger partial charge in [-0.1, -0.05) is 46.4 Å². The van der Waals surface area contributed by atoms with Crippen molar-refractivity contribution in [2.75, 3.05) is 31.6 Å². The van der Waals surface area contributed by atoms with Crippen LogP contribution in [-0.4, -0.2) is 68.2 Å².